The quantitative estimate of drug-likeness (QED) is 0.585. The van der Waals surface area contributed by atoms with Gasteiger partial charge >= 0.3 is 5.97 Å². The van der Waals surface area contributed by atoms with Crippen LogP contribution >= 0.6 is 0 Å². The second-order valence-electron chi connectivity index (χ2n) is 4.07. The third-order valence-corrected chi connectivity index (χ3v) is 2.24. The molecule has 0 saturated heterocycles. The van der Waals surface area contributed by atoms with Crippen molar-refractivity contribution in [2.75, 3.05) is 0 Å². The highest BCUT2D eigenvalue weighted by Crippen LogP contribution is 2.06. The zero-order chi connectivity index (χ0) is 13.4. The molecule has 2 heteroatoms. The molecule has 1 aromatic carbocycles. The molecule has 0 atom stereocenters. The van der Waals surface area contributed by atoms with Gasteiger partial charge in [-0.1, -0.05) is 54.6 Å². The minimum Gasteiger partial charge on any atom is -0.450 e. The van der Waals surface area contributed by atoms with E-state index in [0.29, 0.717) is 5.57 Å². The zero-order valence-electron chi connectivity index (χ0n) is 10.8. The van der Waals surface area contributed by atoms with Gasteiger partial charge in [0.25, 0.3) is 0 Å². The van der Waals surface area contributed by atoms with Crippen molar-refractivity contribution in [1.82, 2.24) is 0 Å². The van der Waals surface area contributed by atoms with E-state index < -0.39 is 0 Å². The van der Waals surface area contributed by atoms with Crippen LogP contribution in [0.4, 0.5) is 0 Å². The standard InChI is InChI=1S/C9H10O2.C7H8/c1-7(2)9(10)11-8-5-3-4-6-8;1-7-5-3-2-4-6-7/h3-6,8H,1H2,2H3;2-6H,1H3. The first-order chi connectivity index (χ1) is 8.59. The summed E-state index contributed by atoms with van der Waals surface area (Å²) in [5, 5.41) is 0. The van der Waals surface area contributed by atoms with E-state index in [1.807, 2.05) is 30.4 Å². The molecule has 0 unspecified atom stereocenters. The fraction of sp³-hybridized carbons (Fsp3) is 0.188. The van der Waals surface area contributed by atoms with Gasteiger partial charge in [0, 0.05) is 5.57 Å². The molecule has 2 nitrogen and oxygen atoms in total. The number of allylic oxidation sites excluding steroid dienone is 2. The van der Waals surface area contributed by atoms with E-state index in [1.165, 1.54) is 5.56 Å². The second-order valence-corrected chi connectivity index (χ2v) is 4.07. The lowest BCUT2D eigenvalue weighted by Crippen LogP contribution is -2.12. The van der Waals surface area contributed by atoms with E-state index in [2.05, 4.69) is 25.6 Å². The maximum atomic E-state index is 10.9. The molecule has 0 heterocycles. The number of benzene rings is 1. The highest BCUT2D eigenvalue weighted by atomic mass is 16.5. The summed E-state index contributed by atoms with van der Waals surface area (Å²) < 4.78 is 4.96. The normalized spacial score (nSPS) is 12.8. The van der Waals surface area contributed by atoms with Crippen molar-refractivity contribution in [2.24, 2.45) is 0 Å². The van der Waals surface area contributed by atoms with Gasteiger partial charge < -0.3 is 4.74 Å². The smallest absolute Gasteiger partial charge is 0.334 e. The molecule has 94 valence electrons. The summed E-state index contributed by atoms with van der Waals surface area (Å²) in [6.07, 6.45) is 7.10. The molecule has 2 rings (SSSR count). The molecule has 1 aliphatic rings. The molecule has 1 aromatic rings. The van der Waals surface area contributed by atoms with Crippen LogP contribution in [0.15, 0.2) is 66.8 Å². The Morgan fingerprint density at radius 3 is 2.11 bits per heavy atom. The van der Waals surface area contributed by atoms with Crippen LogP contribution in [-0.2, 0) is 9.53 Å². The predicted molar refractivity (Wildman–Crippen MR) is 74.2 cm³/mol. The third kappa shape index (κ3) is 5.30. The highest BCUT2D eigenvalue weighted by Gasteiger charge is 2.09. The molecule has 0 N–H and O–H groups in total. The molecule has 0 saturated carbocycles. The number of ether oxygens (including phenoxy) is 1. The third-order valence-electron chi connectivity index (χ3n) is 2.24. The fourth-order valence-corrected chi connectivity index (χ4v) is 1.25. The average Bonchev–Trinajstić information content (AvgIpc) is 2.83. The van der Waals surface area contributed by atoms with Crippen molar-refractivity contribution in [3.05, 3.63) is 72.4 Å². The molecule has 0 spiro atoms. The second kappa shape index (κ2) is 7.28. The van der Waals surface area contributed by atoms with E-state index in [1.54, 1.807) is 19.1 Å². The maximum Gasteiger partial charge on any atom is 0.334 e. The average molecular weight is 242 g/mol. The Kier molecular flexibility index (Phi) is 5.65. The number of carbonyl (C=O) groups excluding carboxylic acids is 1. The summed E-state index contributed by atoms with van der Waals surface area (Å²) >= 11 is 0. The molecule has 0 aliphatic heterocycles. The van der Waals surface area contributed by atoms with Crippen LogP contribution in [0.3, 0.4) is 0 Å². The molecule has 18 heavy (non-hydrogen) atoms. The molecule has 0 fully saturated rings. The van der Waals surface area contributed by atoms with Crippen LogP contribution in [0.5, 0.6) is 0 Å². The van der Waals surface area contributed by atoms with Gasteiger partial charge in [0.05, 0.1) is 0 Å². The van der Waals surface area contributed by atoms with Gasteiger partial charge in [-0.15, -0.1) is 0 Å². The molecule has 0 amide bonds. The summed E-state index contributed by atoms with van der Waals surface area (Å²) in [6, 6.07) is 10.3. The summed E-state index contributed by atoms with van der Waals surface area (Å²) in [6.45, 7) is 7.19. The van der Waals surface area contributed by atoms with Gasteiger partial charge in [0.1, 0.15) is 6.10 Å². The van der Waals surface area contributed by atoms with E-state index >= 15 is 0 Å². The van der Waals surface area contributed by atoms with Gasteiger partial charge in [-0.2, -0.15) is 0 Å². The Hall–Kier alpha value is -2.09. The van der Waals surface area contributed by atoms with Gasteiger partial charge in [-0.05, 0) is 26.0 Å². The van der Waals surface area contributed by atoms with Crippen LogP contribution in [-0.4, -0.2) is 12.1 Å². The Morgan fingerprint density at radius 1 is 1.17 bits per heavy atom. The molecular weight excluding hydrogens is 224 g/mol. The number of hydrogen-bond donors (Lipinski definition) is 0. The summed E-state index contributed by atoms with van der Waals surface area (Å²) in [4.78, 5) is 10.9. The SMILES string of the molecule is C=C(C)C(=O)OC1C=CC=C1.Cc1ccccc1. The molecule has 0 radical (unpaired) electrons. The first-order valence-corrected chi connectivity index (χ1v) is 5.82. The van der Waals surface area contributed by atoms with E-state index in [-0.39, 0.29) is 12.1 Å². The van der Waals surface area contributed by atoms with Gasteiger partial charge in [0.2, 0.25) is 0 Å². The lowest BCUT2D eigenvalue weighted by Gasteiger charge is -2.06. The largest absolute Gasteiger partial charge is 0.450 e. The summed E-state index contributed by atoms with van der Waals surface area (Å²) in [5.41, 5.74) is 1.75. The monoisotopic (exact) mass is 242 g/mol. The maximum absolute atomic E-state index is 10.9. The molecule has 0 bridgehead atoms. The number of hydrogen-bond acceptors (Lipinski definition) is 2. The van der Waals surface area contributed by atoms with Crippen LogP contribution in [0.25, 0.3) is 0 Å². The van der Waals surface area contributed by atoms with E-state index in [4.69, 9.17) is 4.74 Å². The fourth-order valence-electron chi connectivity index (χ4n) is 1.25. The van der Waals surface area contributed by atoms with Crippen LogP contribution in [0.2, 0.25) is 0 Å². The van der Waals surface area contributed by atoms with Crippen molar-refractivity contribution < 1.29 is 9.53 Å². The van der Waals surface area contributed by atoms with Crippen molar-refractivity contribution in [3.8, 4) is 0 Å². The van der Waals surface area contributed by atoms with E-state index in [0.717, 1.165) is 0 Å². The lowest BCUT2D eigenvalue weighted by molar-refractivity contribution is -0.140. The minimum absolute atomic E-state index is 0.195. The summed E-state index contributed by atoms with van der Waals surface area (Å²) in [7, 11) is 0. The molecular formula is C16H18O2. The zero-order valence-corrected chi connectivity index (χ0v) is 10.8. The minimum atomic E-state index is -0.341. The summed E-state index contributed by atoms with van der Waals surface area (Å²) in [5.74, 6) is -0.341. The number of rotatable bonds is 2. The first-order valence-electron chi connectivity index (χ1n) is 5.82. The predicted octanol–water partition coefficient (Wildman–Crippen LogP) is 3.60. The van der Waals surface area contributed by atoms with Gasteiger partial charge in [-0.3, -0.25) is 0 Å². The lowest BCUT2D eigenvalue weighted by atomic mass is 10.2. The Bertz CT molecular complexity index is 443. The topological polar surface area (TPSA) is 26.3 Å². The Labute approximate surface area is 108 Å². The first kappa shape index (κ1) is 14.0. The Balaban J connectivity index is 0.000000199. The van der Waals surface area contributed by atoms with Crippen molar-refractivity contribution in [3.63, 3.8) is 0 Å². The van der Waals surface area contributed by atoms with E-state index in [9.17, 15) is 4.79 Å². The molecule has 1 aliphatic carbocycles. The Morgan fingerprint density at radius 2 is 1.72 bits per heavy atom. The van der Waals surface area contributed by atoms with Gasteiger partial charge in [-0.25, -0.2) is 4.79 Å². The number of esters is 1. The van der Waals surface area contributed by atoms with Crippen molar-refractivity contribution in [2.45, 2.75) is 20.0 Å². The van der Waals surface area contributed by atoms with Gasteiger partial charge in [0.15, 0.2) is 0 Å². The van der Waals surface area contributed by atoms with Crippen LogP contribution in [0.1, 0.15) is 12.5 Å². The number of carbonyl (C=O) groups is 1. The van der Waals surface area contributed by atoms with Crippen molar-refractivity contribution >= 4 is 5.97 Å². The van der Waals surface area contributed by atoms with Crippen LogP contribution < -0.4 is 0 Å². The highest BCUT2D eigenvalue weighted by molar-refractivity contribution is 5.87. The van der Waals surface area contributed by atoms with Crippen molar-refractivity contribution in [1.29, 1.82) is 0 Å². The van der Waals surface area contributed by atoms with Crippen LogP contribution in [0, 0.1) is 6.92 Å². The molecule has 0 aromatic heterocycles. The number of aryl methyl sites for hydroxylation is 1.